The van der Waals surface area contributed by atoms with Gasteiger partial charge in [-0.25, -0.2) is 14.1 Å². The molecule has 3 aromatic rings. The van der Waals surface area contributed by atoms with Crippen molar-refractivity contribution in [2.24, 2.45) is 11.3 Å². The molecular weight excluding hydrogens is 656 g/mol. The number of amides is 1. The second-order valence-corrected chi connectivity index (χ2v) is 28.5. The molecule has 13 heteroatoms. The van der Waals surface area contributed by atoms with Crippen LogP contribution in [0.4, 0.5) is 10.1 Å². The van der Waals surface area contributed by atoms with E-state index in [0.717, 1.165) is 30.6 Å². The maximum atomic E-state index is 16.1. The first-order chi connectivity index (χ1) is 23.0. The number of hydrogen-bond acceptors (Lipinski definition) is 7. The third-order valence-electron chi connectivity index (χ3n) is 10.8. The van der Waals surface area contributed by atoms with E-state index in [4.69, 9.17) is 24.3 Å². The van der Waals surface area contributed by atoms with Gasteiger partial charge in [0.25, 0.3) is 0 Å². The molecule has 2 aromatic heterocycles. The molecule has 1 aliphatic heterocycles. The number of aromatic nitrogens is 4. The van der Waals surface area contributed by atoms with Crippen LogP contribution in [0.2, 0.25) is 51.4 Å². The summed E-state index contributed by atoms with van der Waals surface area (Å²) in [6.07, 6.45) is 3.09. The van der Waals surface area contributed by atoms with Crippen molar-refractivity contribution in [2.75, 3.05) is 51.5 Å². The van der Waals surface area contributed by atoms with Crippen LogP contribution in [0.15, 0.2) is 12.1 Å². The highest BCUT2D eigenvalue weighted by Crippen LogP contribution is 2.60. The number of rotatable bonds is 14. The van der Waals surface area contributed by atoms with Crippen LogP contribution in [0, 0.1) is 17.2 Å². The fraction of sp³-hybridized carbons (Fsp3) is 0.694. The molecule has 1 saturated heterocycles. The van der Waals surface area contributed by atoms with Gasteiger partial charge in [-0.3, -0.25) is 14.3 Å². The molecule has 1 amide bonds. The summed E-state index contributed by atoms with van der Waals surface area (Å²) in [6.45, 7) is 22.9. The predicted octanol–water partition coefficient (Wildman–Crippen LogP) is 6.47. The van der Waals surface area contributed by atoms with Crippen LogP contribution in [0.3, 0.4) is 0 Å². The van der Waals surface area contributed by atoms with Gasteiger partial charge in [0.15, 0.2) is 11.6 Å². The number of anilines is 1. The average molecular weight is 713 g/mol. The number of likely N-dealkylation sites (N-methyl/N-ethyl adjacent to an activating group) is 1. The van der Waals surface area contributed by atoms with E-state index >= 15 is 4.39 Å². The number of nitrogens with zero attached hydrogens (tertiary/aromatic N) is 6. The second-order valence-electron chi connectivity index (χ2n) is 17.3. The van der Waals surface area contributed by atoms with Crippen LogP contribution in [-0.4, -0.2) is 98.9 Å². The van der Waals surface area contributed by atoms with Crippen molar-refractivity contribution in [3.8, 4) is 11.5 Å². The predicted molar refractivity (Wildman–Crippen MR) is 198 cm³/mol. The Kier molecular flexibility index (Phi) is 10.4. The van der Waals surface area contributed by atoms with Crippen molar-refractivity contribution in [2.45, 2.75) is 104 Å². The van der Waals surface area contributed by atoms with E-state index < -0.39 is 22.0 Å². The highest BCUT2D eigenvalue weighted by atomic mass is 28.3. The van der Waals surface area contributed by atoms with E-state index in [1.165, 1.54) is 23.7 Å². The van der Waals surface area contributed by atoms with Crippen molar-refractivity contribution < 1.29 is 23.4 Å². The van der Waals surface area contributed by atoms with E-state index in [2.05, 4.69) is 51.1 Å². The summed E-state index contributed by atoms with van der Waals surface area (Å²) in [4.78, 5) is 22.3. The SMILES string of the molecule is C[C@@H](C(=O)N(C)c1cc(F)c2nc(-c3nn(COCC[Si](C)(C)C)c4c3C[C@@H]3C[C@]3(C)C4)n(COCC[Si](C)(C)C)c2c1)N1CCOCC1. The van der Waals surface area contributed by atoms with E-state index in [0.29, 0.717) is 74.6 Å². The summed E-state index contributed by atoms with van der Waals surface area (Å²) >= 11 is 0. The smallest absolute Gasteiger partial charge is 0.243 e. The van der Waals surface area contributed by atoms with Crippen LogP contribution in [0.25, 0.3) is 22.6 Å². The van der Waals surface area contributed by atoms with Gasteiger partial charge >= 0.3 is 0 Å². The molecule has 1 saturated carbocycles. The minimum Gasteiger partial charge on any atom is -0.379 e. The Morgan fingerprint density at radius 3 is 2.39 bits per heavy atom. The van der Waals surface area contributed by atoms with E-state index in [-0.39, 0.29) is 24.2 Å². The van der Waals surface area contributed by atoms with Gasteiger partial charge in [-0.1, -0.05) is 46.2 Å². The fourth-order valence-corrected chi connectivity index (χ4v) is 8.68. The molecule has 0 radical (unpaired) electrons. The molecule has 270 valence electrons. The van der Waals surface area contributed by atoms with Gasteiger partial charge in [0.05, 0.1) is 24.8 Å². The van der Waals surface area contributed by atoms with Gasteiger partial charge in [0.1, 0.15) is 24.7 Å². The van der Waals surface area contributed by atoms with Crippen molar-refractivity contribution in [3.05, 3.63) is 29.2 Å². The minimum absolute atomic E-state index is 0.0900. The molecule has 3 aliphatic rings. The topological polar surface area (TPSA) is 86.9 Å². The largest absolute Gasteiger partial charge is 0.379 e. The van der Waals surface area contributed by atoms with Crippen LogP contribution in [-0.2, 0) is 45.3 Å². The lowest BCUT2D eigenvalue weighted by Crippen LogP contribution is -2.50. The average Bonchev–Trinajstić information content (AvgIpc) is 3.39. The zero-order chi connectivity index (χ0) is 35.3. The Balaban J connectivity index is 1.37. The lowest BCUT2D eigenvalue weighted by Gasteiger charge is -2.33. The number of halogens is 1. The molecule has 0 N–H and O–H groups in total. The number of ether oxygens (including phenoxy) is 3. The highest BCUT2D eigenvalue weighted by Gasteiger charge is 2.54. The number of benzene rings is 1. The Morgan fingerprint density at radius 2 is 1.73 bits per heavy atom. The summed E-state index contributed by atoms with van der Waals surface area (Å²) in [5.41, 5.74) is 4.84. The monoisotopic (exact) mass is 712 g/mol. The third kappa shape index (κ3) is 8.07. The van der Waals surface area contributed by atoms with Gasteiger partial charge in [0.2, 0.25) is 5.91 Å². The van der Waals surface area contributed by atoms with Crippen LogP contribution in [0.5, 0.6) is 0 Å². The van der Waals surface area contributed by atoms with E-state index in [1.807, 2.05) is 22.2 Å². The van der Waals surface area contributed by atoms with E-state index in [9.17, 15) is 4.79 Å². The number of fused-ring (bicyclic) bond motifs is 3. The van der Waals surface area contributed by atoms with Gasteiger partial charge in [-0.05, 0) is 61.7 Å². The first-order valence-electron chi connectivity index (χ1n) is 18.1. The van der Waals surface area contributed by atoms with Crippen LogP contribution in [0.1, 0.15) is 31.5 Å². The standard InChI is InChI=1S/C36H57FN6O4Si2/c1-25(41-10-12-45-13-11-41)35(44)40(3)27-19-29(37)33-30(20-27)42(23-46-14-16-48(4,5)6)34(38-33)32-28-18-26-21-36(26,2)22-31(28)43(39-32)24-47-15-17-49(7,8)9/h19-20,25-26H,10-18,21-24H2,1-9H3/t25-,26+,36+/m0/s1. The summed E-state index contributed by atoms with van der Waals surface area (Å²) in [7, 11) is -0.838. The maximum Gasteiger partial charge on any atom is 0.243 e. The minimum atomic E-state index is -1.33. The van der Waals surface area contributed by atoms with Crippen molar-refractivity contribution in [1.29, 1.82) is 0 Å². The van der Waals surface area contributed by atoms with Crippen molar-refractivity contribution >= 4 is 38.8 Å². The summed E-state index contributed by atoms with van der Waals surface area (Å²) in [5.74, 6) is 0.668. The lowest BCUT2D eigenvalue weighted by molar-refractivity contribution is -0.124. The fourth-order valence-electron chi connectivity index (χ4n) is 7.17. The zero-order valence-corrected chi connectivity index (χ0v) is 33.2. The van der Waals surface area contributed by atoms with Gasteiger partial charge in [-0.15, -0.1) is 0 Å². The molecule has 2 aliphatic carbocycles. The molecule has 1 aromatic carbocycles. The zero-order valence-electron chi connectivity index (χ0n) is 31.2. The number of imidazole rings is 1. The Morgan fingerprint density at radius 1 is 1.08 bits per heavy atom. The molecule has 3 heterocycles. The first kappa shape index (κ1) is 36.4. The second kappa shape index (κ2) is 13.9. The third-order valence-corrected chi connectivity index (χ3v) is 14.2. The van der Waals surface area contributed by atoms with Gasteiger partial charge in [0, 0.05) is 66.4 Å². The summed E-state index contributed by atoms with van der Waals surface area (Å²) in [6, 6.07) is 5.06. The summed E-state index contributed by atoms with van der Waals surface area (Å²) in [5, 5.41) is 5.16. The maximum absolute atomic E-state index is 16.1. The number of carbonyl (C=O) groups excluding carboxylic acids is 1. The highest BCUT2D eigenvalue weighted by molar-refractivity contribution is 6.76. The number of carbonyl (C=O) groups is 1. The molecular formula is C36H57FN6O4Si2. The molecule has 49 heavy (non-hydrogen) atoms. The van der Waals surface area contributed by atoms with Crippen molar-refractivity contribution in [1.82, 2.24) is 24.2 Å². The molecule has 0 unspecified atom stereocenters. The number of morpholine rings is 1. The van der Waals surface area contributed by atoms with Gasteiger partial charge < -0.3 is 19.1 Å². The molecule has 0 spiro atoms. The molecule has 6 rings (SSSR count). The summed E-state index contributed by atoms with van der Waals surface area (Å²) < 4.78 is 38.2. The Labute approximate surface area is 293 Å². The first-order valence-corrected chi connectivity index (χ1v) is 25.5. The quantitative estimate of drug-likeness (QED) is 0.140. The van der Waals surface area contributed by atoms with Crippen molar-refractivity contribution in [3.63, 3.8) is 0 Å². The molecule has 2 fully saturated rings. The van der Waals surface area contributed by atoms with E-state index in [1.54, 1.807) is 11.9 Å². The van der Waals surface area contributed by atoms with Gasteiger partial charge in [-0.2, -0.15) is 5.10 Å². The Bertz CT molecular complexity index is 1670. The molecule has 10 nitrogen and oxygen atoms in total. The normalized spacial score (nSPS) is 21.9. The lowest BCUT2D eigenvalue weighted by atomic mass is 9.87. The number of hydrogen-bond donors (Lipinski definition) is 0. The Hall–Kier alpha value is -2.43. The van der Waals surface area contributed by atoms with Crippen LogP contribution < -0.4 is 4.90 Å². The molecule has 3 atom stereocenters. The molecule has 0 bridgehead atoms. The van der Waals surface area contributed by atoms with Crippen LogP contribution >= 0.6 is 0 Å².